The van der Waals surface area contributed by atoms with Crippen molar-refractivity contribution in [3.63, 3.8) is 0 Å². The van der Waals surface area contributed by atoms with Crippen molar-refractivity contribution in [1.29, 1.82) is 0 Å². The number of carboxylic acids is 1. The van der Waals surface area contributed by atoms with Crippen LogP contribution in [0.25, 0.3) is 5.76 Å². The van der Waals surface area contributed by atoms with Crippen molar-refractivity contribution >= 4 is 29.4 Å². The van der Waals surface area contributed by atoms with Crippen molar-refractivity contribution in [2.24, 2.45) is 0 Å². The Morgan fingerprint density at radius 2 is 1.59 bits per heavy atom. The molecule has 1 fully saturated rings. The van der Waals surface area contributed by atoms with Crippen LogP contribution in [0, 0.1) is 5.82 Å². The van der Waals surface area contributed by atoms with Gasteiger partial charge in [0.25, 0.3) is 11.7 Å². The van der Waals surface area contributed by atoms with Gasteiger partial charge in [0.2, 0.25) is 0 Å². The molecule has 3 rings (SSSR count). The molecule has 0 aliphatic carbocycles. The molecular weight excluding hydrogens is 421 g/mol. The Morgan fingerprint density at radius 1 is 1.00 bits per heavy atom. The quantitative estimate of drug-likeness (QED) is 0.293. The minimum absolute atomic E-state index is 0.0412. The molecule has 2 N–H and O–H groups in total. The first kappa shape index (κ1) is 22.7. The molecule has 1 aliphatic heterocycles. The first-order valence-corrected chi connectivity index (χ1v) is 9.69. The maximum Gasteiger partial charge on any atom is 0.337 e. The van der Waals surface area contributed by atoms with E-state index in [-0.39, 0.29) is 36.1 Å². The predicted octanol–water partition coefficient (Wildman–Crippen LogP) is 2.90. The molecule has 9 heteroatoms. The van der Waals surface area contributed by atoms with Crippen molar-refractivity contribution in [3.05, 3.63) is 76.6 Å². The van der Waals surface area contributed by atoms with E-state index in [0.29, 0.717) is 5.56 Å². The first-order valence-electron chi connectivity index (χ1n) is 9.69. The highest BCUT2D eigenvalue weighted by molar-refractivity contribution is 6.46. The standard InChI is InChI=1S/C23H20FNO7/c1-32-23(31)15-6-4-13(5-7-15)19-18(20(28)14-8-10-16(24)11-9-14)21(29)22(30)25(19)12-2-3-17(26)27/h4-11,19,28H,2-3,12H2,1H3,(H,26,27)/b20-18-. The number of halogens is 1. The Bertz CT molecular complexity index is 1090. The minimum atomic E-state index is -1.05. The lowest BCUT2D eigenvalue weighted by molar-refractivity contribution is -0.140. The fourth-order valence-corrected chi connectivity index (χ4v) is 3.54. The second-order valence-corrected chi connectivity index (χ2v) is 7.11. The Morgan fingerprint density at radius 3 is 2.16 bits per heavy atom. The number of benzene rings is 2. The number of likely N-dealkylation sites (tertiary alicyclic amines) is 1. The number of rotatable bonds is 7. The molecule has 1 aliphatic rings. The van der Waals surface area contributed by atoms with Gasteiger partial charge < -0.3 is 19.8 Å². The van der Waals surface area contributed by atoms with E-state index in [1.165, 1.54) is 48.4 Å². The van der Waals surface area contributed by atoms with Crippen LogP contribution in [0.2, 0.25) is 0 Å². The van der Waals surface area contributed by atoms with E-state index < -0.39 is 41.2 Å². The Balaban J connectivity index is 2.09. The number of amides is 1. The molecule has 0 spiro atoms. The van der Waals surface area contributed by atoms with Crippen LogP contribution in [0.3, 0.4) is 0 Å². The van der Waals surface area contributed by atoms with Crippen LogP contribution >= 0.6 is 0 Å². The summed E-state index contributed by atoms with van der Waals surface area (Å²) in [6.45, 7) is -0.0412. The largest absolute Gasteiger partial charge is 0.507 e. The fraction of sp³-hybridized carbons (Fsp3) is 0.217. The summed E-state index contributed by atoms with van der Waals surface area (Å²) in [5.74, 6) is -4.47. The van der Waals surface area contributed by atoms with Crippen molar-refractivity contribution in [2.45, 2.75) is 18.9 Å². The summed E-state index contributed by atoms with van der Waals surface area (Å²) in [6, 6.07) is 9.71. The van der Waals surface area contributed by atoms with E-state index >= 15 is 0 Å². The summed E-state index contributed by atoms with van der Waals surface area (Å²) >= 11 is 0. The van der Waals surface area contributed by atoms with Gasteiger partial charge in [-0.2, -0.15) is 0 Å². The van der Waals surface area contributed by atoms with Crippen LogP contribution in [0.4, 0.5) is 4.39 Å². The van der Waals surface area contributed by atoms with Crippen LogP contribution in [0.5, 0.6) is 0 Å². The molecule has 2 aromatic rings. The zero-order chi connectivity index (χ0) is 23.4. The second-order valence-electron chi connectivity index (χ2n) is 7.11. The van der Waals surface area contributed by atoms with Gasteiger partial charge in [0.15, 0.2) is 0 Å². The summed E-state index contributed by atoms with van der Waals surface area (Å²) < 4.78 is 18.0. The molecule has 0 bridgehead atoms. The molecule has 8 nitrogen and oxygen atoms in total. The van der Waals surface area contributed by atoms with Gasteiger partial charge in [0.1, 0.15) is 11.6 Å². The average molecular weight is 441 g/mol. The molecule has 166 valence electrons. The van der Waals surface area contributed by atoms with E-state index in [4.69, 9.17) is 5.11 Å². The van der Waals surface area contributed by atoms with Crippen LogP contribution in [-0.4, -0.2) is 52.4 Å². The zero-order valence-electron chi connectivity index (χ0n) is 17.1. The number of aliphatic hydroxyl groups is 1. The molecule has 1 atom stereocenters. The number of esters is 1. The predicted molar refractivity (Wildman–Crippen MR) is 110 cm³/mol. The van der Waals surface area contributed by atoms with Crippen molar-refractivity contribution < 1.29 is 38.5 Å². The van der Waals surface area contributed by atoms with Gasteiger partial charge in [-0.05, 0) is 48.4 Å². The van der Waals surface area contributed by atoms with E-state index in [2.05, 4.69) is 4.74 Å². The smallest absolute Gasteiger partial charge is 0.337 e. The van der Waals surface area contributed by atoms with Gasteiger partial charge in [-0.1, -0.05) is 12.1 Å². The van der Waals surface area contributed by atoms with Gasteiger partial charge in [0.05, 0.1) is 24.3 Å². The summed E-state index contributed by atoms with van der Waals surface area (Å²) in [4.78, 5) is 49.4. The number of hydrogen-bond donors (Lipinski definition) is 2. The molecule has 0 radical (unpaired) electrons. The normalized spacial score (nSPS) is 17.4. The fourth-order valence-electron chi connectivity index (χ4n) is 3.54. The highest BCUT2D eigenvalue weighted by Gasteiger charge is 2.45. The van der Waals surface area contributed by atoms with Gasteiger partial charge in [-0.25, -0.2) is 9.18 Å². The third-order valence-electron chi connectivity index (χ3n) is 5.09. The molecule has 1 amide bonds. The minimum Gasteiger partial charge on any atom is -0.507 e. The number of aliphatic hydroxyl groups excluding tert-OH is 1. The molecule has 1 unspecified atom stereocenters. The highest BCUT2D eigenvalue weighted by atomic mass is 19.1. The lowest BCUT2D eigenvalue weighted by atomic mass is 9.94. The van der Waals surface area contributed by atoms with Gasteiger partial charge in [-0.15, -0.1) is 0 Å². The summed E-state index contributed by atoms with van der Waals surface area (Å²) in [5.41, 5.74) is 0.613. The monoisotopic (exact) mass is 441 g/mol. The molecule has 0 aromatic heterocycles. The van der Waals surface area contributed by atoms with Crippen LogP contribution in [-0.2, 0) is 19.1 Å². The maximum absolute atomic E-state index is 13.3. The van der Waals surface area contributed by atoms with Gasteiger partial charge >= 0.3 is 11.9 Å². The first-order chi connectivity index (χ1) is 15.2. The molecule has 32 heavy (non-hydrogen) atoms. The Hall–Kier alpha value is -4.01. The van der Waals surface area contributed by atoms with E-state index in [0.717, 1.165) is 12.1 Å². The summed E-state index contributed by atoms with van der Waals surface area (Å²) in [5, 5.41) is 19.7. The number of methoxy groups -OCH3 is 1. The summed E-state index contributed by atoms with van der Waals surface area (Å²) in [6.07, 6.45) is -0.120. The number of carbonyl (C=O) groups excluding carboxylic acids is 3. The van der Waals surface area contributed by atoms with Gasteiger partial charge in [0, 0.05) is 18.5 Å². The second kappa shape index (κ2) is 9.42. The van der Waals surface area contributed by atoms with Crippen molar-refractivity contribution in [2.75, 3.05) is 13.7 Å². The molecule has 0 saturated carbocycles. The van der Waals surface area contributed by atoms with Crippen molar-refractivity contribution in [1.82, 2.24) is 4.90 Å². The number of hydrogen-bond acceptors (Lipinski definition) is 6. The number of ketones is 1. The van der Waals surface area contributed by atoms with Crippen LogP contribution in [0.1, 0.15) is 40.4 Å². The number of carboxylic acid groups (broad SMARTS) is 1. The van der Waals surface area contributed by atoms with Crippen molar-refractivity contribution in [3.8, 4) is 0 Å². The number of Topliss-reactive ketones (excluding diaryl/α,β-unsaturated/α-hetero) is 1. The SMILES string of the molecule is COC(=O)c1ccc(C2/C(=C(/O)c3ccc(F)cc3)C(=O)C(=O)N2CCCC(=O)O)cc1. The number of ether oxygens (including phenoxy) is 1. The Labute approximate surface area is 182 Å². The number of carbonyl (C=O) groups is 4. The van der Waals surface area contributed by atoms with Crippen LogP contribution < -0.4 is 0 Å². The lowest BCUT2D eigenvalue weighted by Crippen LogP contribution is -2.31. The number of nitrogens with zero attached hydrogens (tertiary/aromatic N) is 1. The van der Waals surface area contributed by atoms with E-state index in [1.807, 2.05) is 0 Å². The molecule has 1 saturated heterocycles. The third-order valence-corrected chi connectivity index (χ3v) is 5.09. The molecular formula is C23H20FNO7. The molecule has 2 aromatic carbocycles. The van der Waals surface area contributed by atoms with E-state index in [9.17, 15) is 28.7 Å². The summed E-state index contributed by atoms with van der Waals surface area (Å²) in [7, 11) is 1.23. The van der Waals surface area contributed by atoms with Crippen LogP contribution in [0.15, 0.2) is 54.1 Å². The van der Waals surface area contributed by atoms with Gasteiger partial charge in [-0.3, -0.25) is 14.4 Å². The topological polar surface area (TPSA) is 121 Å². The average Bonchev–Trinajstić information content (AvgIpc) is 3.03. The third kappa shape index (κ3) is 4.51. The Kier molecular flexibility index (Phi) is 6.67. The maximum atomic E-state index is 13.3. The zero-order valence-corrected chi connectivity index (χ0v) is 17.1. The lowest BCUT2D eigenvalue weighted by Gasteiger charge is -2.25. The highest BCUT2D eigenvalue weighted by Crippen LogP contribution is 2.39. The number of aliphatic carboxylic acids is 1. The van der Waals surface area contributed by atoms with E-state index in [1.54, 1.807) is 0 Å². The molecule has 1 heterocycles.